The first-order chi connectivity index (χ1) is 8.02. The molecule has 0 spiro atoms. The van der Waals surface area contributed by atoms with Gasteiger partial charge in [0, 0.05) is 0 Å². The van der Waals surface area contributed by atoms with Crippen molar-refractivity contribution in [1.29, 1.82) is 0 Å². The third-order valence-electron chi connectivity index (χ3n) is 3.29. The van der Waals surface area contributed by atoms with E-state index in [0.29, 0.717) is 0 Å². The second kappa shape index (κ2) is 4.85. The van der Waals surface area contributed by atoms with Crippen molar-refractivity contribution in [3.05, 3.63) is 0 Å². The van der Waals surface area contributed by atoms with E-state index in [4.69, 9.17) is 14.2 Å². The molecule has 2 aliphatic rings. The Balaban J connectivity index is 2.29. The molecule has 2 aliphatic heterocycles. The second-order valence-corrected chi connectivity index (χ2v) is 6.17. The predicted molar refractivity (Wildman–Crippen MR) is 65.1 cm³/mol. The van der Waals surface area contributed by atoms with Crippen molar-refractivity contribution >= 4 is 43.8 Å². The Morgan fingerprint density at radius 2 is 1.29 bits per heavy atom. The molecular formula is C10H12Br2O5. The number of esters is 2. The molecule has 2 bridgehead atoms. The van der Waals surface area contributed by atoms with Gasteiger partial charge in [-0.05, 0) is 0 Å². The highest BCUT2D eigenvalue weighted by molar-refractivity contribution is 9.12. The first-order valence-corrected chi connectivity index (χ1v) is 6.95. The van der Waals surface area contributed by atoms with Gasteiger partial charge in [-0.2, -0.15) is 0 Å². The highest BCUT2D eigenvalue weighted by Gasteiger charge is 2.63. The number of hydrogen-bond donors (Lipinski definition) is 0. The van der Waals surface area contributed by atoms with E-state index < -0.39 is 23.8 Å². The smallest absolute Gasteiger partial charge is 0.312 e. The molecule has 0 radical (unpaired) electrons. The van der Waals surface area contributed by atoms with Crippen LogP contribution >= 0.6 is 31.9 Å². The van der Waals surface area contributed by atoms with Crippen LogP contribution in [0.15, 0.2) is 0 Å². The van der Waals surface area contributed by atoms with Gasteiger partial charge in [-0.1, -0.05) is 31.9 Å². The summed E-state index contributed by atoms with van der Waals surface area (Å²) in [5, 5.41) is 0. The first-order valence-electron chi connectivity index (χ1n) is 5.12. The Hall–Kier alpha value is -0.140. The van der Waals surface area contributed by atoms with Gasteiger partial charge < -0.3 is 14.2 Å². The molecule has 0 aliphatic carbocycles. The van der Waals surface area contributed by atoms with Crippen LogP contribution in [0.4, 0.5) is 0 Å². The van der Waals surface area contributed by atoms with Gasteiger partial charge in [0.05, 0.1) is 47.9 Å². The van der Waals surface area contributed by atoms with E-state index in [1.165, 1.54) is 14.2 Å². The van der Waals surface area contributed by atoms with Gasteiger partial charge in [0.1, 0.15) is 0 Å². The van der Waals surface area contributed by atoms with Gasteiger partial charge in [0.15, 0.2) is 0 Å². The van der Waals surface area contributed by atoms with Crippen molar-refractivity contribution in [1.82, 2.24) is 0 Å². The van der Waals surface area contributed by atoms with Crippen molar-refractivity contribution in [2.75, 3.05) is 14.2 Å². The van der Waals surface area contributed by atoms with E-state index in [0.717, 1.165) is 0 Å². The Morgan fingerprint density at radius 3 is 1.59 bits per heavy atom. The second-order valence-electron chi connectivity index (χ2n) is 4.05. The standard InChI is InChI=1S/C10H12Br2O5/c1-15-9(13)3-4(10(14)16-2)8-6(12)5(11)7(3)17-8/h3-8H,1-2H3/t3-,4+,5-,6+,7-,8-/m1/s1. The monoisotopic (exact) mass is 370 g/mol. The molecular weight excluding hydrogens is 360 g/mol. The number of halogens is 2. The Morgan fingerprint density at radius 1 is 0.941 bits per heavy atom. The summed E-state index contributed by atoms with van der Waals surface area (Å²) in [5.41, 5.74) is 0. The number of fused-ring (bicyclic) bond motifs is 2. The average Bonchev–Trinajstić information content (AvgIpc) is 2.85. The van der Waals surface area contributed by atoms with Crippen LogP contribution in [0.5, 0.6) is 0 Å². The number of carbonyl (C=O) groups excluding carboxylic acids is 2. The minimum Gasteiger partial charge on any atom is -0.469 e. The largest absolute Gasteiger partial charge is 0.469 e. The number of rotatable bonds is 2. The minimum atomic E-state index is -0.601. The van der Waals surface area contributed by atoms with Crippen LogP contribution in [-0.2, 0) is 23.8 Å². The highest BCUT2D eigenvalue weighted by Crippen LogP contribution is 2.50. The Bertz CT molecular complexity index is 316. The van der Waals surface area contributed by atoms with Crippen LogP contribution in [0.3, 0.4) is 0 Å². The molecule has 96 valence electrons. The van der Waals surface area contributed by atoms with Gasteiger partial charge in [0.2, 0.25) is 0 Å². The van der Waals surface area contributed by atoms with E-state index in [9.17, 15) is 9.59 Å². The molecule has 6 atom stereocenters. The predicted octanol–water partition coefficient (Wildman–Crippen LogP) is 0.873. The van der Waals surface area contributed by atoms with Crippen molar-refractivity contribution < 1.29 is 23.8 Å². The van der Waals surface area contributed by atoms with Gasteiger partial charge >= 0.3 is 11.9 Å². The molecule has 2 saturated heterocycles. The summed E-state index contributed by atoms with van der Waals surface area (Å²) in [6, 6.07) is 0. The first kappa shape index (κ1) is 13.3. The third kappa shape index (κ3) is 1.92. The SMILES string of the molecule is COC(=O)[C@@H]1[C@H]2O[C@@H]([C@H](Br)[C@@H]2Br)[C@@H]1C(=O)OC. The molecule has 5 nitrogen and oxygen atoms in total. The van der Waals surface area contributed by atoms with Crippen LogP contribution < -0.4 is 0 Å². The lowest BCUT2D eigenvalue weighted by Crippen LogP contribution is -2.48. The molecule has 0 aromatic carbocycles. The van der Waals surface area contributed by atoms with Crippen LogP contribution in [0.25, 0.3) is 0 Å². The number of methoxy groups -OCH3 is 2. The van der Waals surface area contributed by atoms with E-state index in [-0.39, 0.29) is 21.9 Å². The lowest BCUT2D eigenvalue weighted by molar-refractivity contribution is -0.157. The van der Waals surface area contributed by atoms with Gasteiger partial charge in [-0.25, -0.2) is 0 Å². The molecule has 0 aromatic heterocycles. The zero-order valence-electron chi connectivity index (χ0n) is 9.26. The number of carbonyl (C=O) groups is 2. The normalized spacial score (nSPS) is 43.5. The average molecular weight is 372 g/mol. The number of alkyl halides is 2. The van der Waals surface area contributed by atoms with Crippen molar-refractivity contribution in [2.24, 2.45) is 11.8 Å². The third-order valence-corrected chi connectivity index (χ3v) is 6.18. The Kier molecular flexibility index (Phi) is 3.80. The summed E-state index contributed by atoms with van der Waals surface area (Å²) in [5.74, 6) is -2.07. The summed E-state index contributed by atoms with van der Waals surface area (Å²) < 4.78 is 15.1. The highest BCUT2D eigenvalue weighted by atomic mass is 79.9. The summed E-state index contributed by atoms with van der Waals surface area (Å²) in [6.45, 7) is 0. The van der Waals surface area contributed by atoms with Crippen molar-refractivity contribution in [2.45, 2.75) is 21.9 Å². The van der Waals surface area contributed by atoms with Crippen LogP contribution in [0.1, 0.15) is 0 Å². The molecule has 0 aromatic rings. The zero-order valence-corrected chi connectivity index (χ0v) is 12.4. The van der Waals surface area contributed by atoms with Gasteiger partial charge in [0.25, 0.3) is 0 Å². The summed E-state index contributed by atoms with van der Waals surface area (Å²) in [4.78, 5) is 23.4. The maximum absolute atomic E-state index is 11.7. The van der Waals surface area contributed by atoms with Gasteiger partial charge in [-0.15, -0.1) is 0 Å². The molecule has 2 rings (SSSR count). The van der Waals surface area contributed by atoms with Crippen LogP contribution in [0, 0.1) is 11.8 Å². The zero-order chi connectivity index (χ0) is 12.7. The Labute approximate surface area is 115 Å². The fraction of sp³-hybridized carbons (Fsp3) is 0.800. The van der Waals surface area contributed by atoms with E-state index in [1.54, 1.807) is 0 Å². The van der Waals surface area contributed by atoms with Crippen molar-refractivity contribution in [3.63, 3.8) is 0 Å². The summed E-state index contributed by atoms with van der Waals surface area (Å²) in [6.07, 6.45) is -0.721. The maximum atomic E-state index is 11.7. The maximum Gasteiger partial charge on any atom is 0.312 e. The fourth-order valence-corrected chi connectivity index (χ4v) is 4.01. The summed E-state index contributed by atoms with van der Waals surface area (Å²) >= 11 is 6.93. The quantitative estimate of drug-likeness (QED) is 0.532. The lowest BCUT2D eigenvalue weighted by Gasteiger charge is -2.29. The molecule has 7 heteroatoms. The molecule has 2 fully saturated rings. The van der Waals surface area contributed by atoms with E-state index in [2.05, 4.69) is 31.9 Å². The van der Waals surface area contributed by atoms with Crippen molar-refractivity contribution in [3.8, 4) is 0 Å². The lowest BCUT2D eigenvalue weighted by atomic mass is 9.79. The molecule has 17 heavy (non-hydrogen) atoms. The van der Waals surface area contributed by atoms with E-state index in [1.807, 2.05) is 0 Å². The topological polar surface area (TPSA) is 61.8 Å². The minimum absolute atomic E-state index is 0.0162. The fourth-order valence-electron chi connectivity index (χ4n) is 2.50. The van der Waals surface area contributed by atoms with Gasteiger partial charge in [-0.3, -0.25) is 9.59 Å². The number of hydrogen-bond acceptors (Lipinski definition) is 5. The molecule has 0 saturated carbocycles. The molecule has 2 heterocycles. The molecule has 0 unspecified atom stereocenters. The van der Waals surface area contributed by atoms with Crippen LogP contribution in [0.2, 0.25) is 0 Å². The van der Waals surface area contributed by atoms with E-state index >= 15 is 0 Å². The van der Waals surface area contributed by atoms with Crippen LogP contribution in [-0.4, -0.2) is 48.0 Å². The summed E-state index contributed by atoms with van der Waals surface area (Å²) in [7, 11) is 2.61. The molecule has 0 amide bonds. The number of ether oxygens (including phenoxy) is 3. The molecule has 0 N–H and O–H groups in total.